The van der Waals surface area contributed by atoms with Crippen molar-refractivity contribution in [2.75, 3.05) is 17.7 Å². The van der Waals surface area contributed by atoms with E-state index in [2.05, 4.69) is 5.32 Å². The third-order valence-corrected chi connectivity index (χ3v) is 3.19. The number of nitrogens with two attached hydrogens (primary N) is 1. The zero-order valence-corrected chi connectivity index (χ0v) is 11.5. The van der Waals surface area contributed by atoms with Crippen molar-refractivity contribution >= 4 is 17.1 Å². The summed E-state index contributed by atoms with van der Waals surface area (Å²) in [5.74, 6) is 0. The summed E-state index contributed by atoms with van der Waals surface area (Å²) in [7, 11) is 0. The van der Waals surface area contributed by atoms with Gasteiger partial charge in [0, 0.05) is 12.3 Å². The summed E-state index contributed by atoms with van der Waals surface area (Å²) in [6, 6.07) is 13.3. The number of anilines is 3. The summed E-state index contributed by atoms with van der Waals surface area (Å²) in [6.45, 7) is 1.86. The summed E-state index contributed by atoms with van der Waals surface area (Å²) in [5.41, 5.74) is 10.2. The second-order valence-electron chi connectivity index (χ2n) is 4.82. The predicted octanol–water partition coefficient (Wildman–Crippen LogP) is 2.60. The van der Waals surface area contributed by atoms with Gasteiger partial charge in [0.05, 0.1) is 17.5 Å². The Morgan fingerprint density at radius 3 is 2.40 bits per heavy atom. The normalized spacial score (nSPS) is 12.2. The number of nitrogens with one attached hydrogen (secondary N) is 1. The highest BCUT2D eigenvalue weighted by Crippen LogP contribution is 2.26. The van der Waals surface area contributed by atoms with Crippen molar-refractivity contribution in [3.8, 4) is 0 Å². The molecule has 1 unspecified atom stereocenters. The van der Waals surface area contributed by atoms with Crippen LogP contribution in [0.4, 0.5) is 17.1 Å². The van der Waals surface area contributed by atoms with Gasteiger partial charge in [0.2, 0.25) is 0 Å². The molecule has 0 amide bonds. The summed E-state index contributed by atoms with van der Waals surface area (Å²) in [6.07, 6.45) is 0.134. The molecule has 0 radical (unpaired) electrons. The van der Waals surface area contributed by atoms with Gasteiger partial charge < -0.3 is 21.3 Å². The molecule has 0 saturated carbocycles. The second-order valence-corrected chi connectivity index (χ2v) is 4.82. The first-order valence-corrected chi connectivity index (χ1v) is 6.64. The Labute approximate surface area is 118 Å². The molecule has 0 fully saturated rings. The van der Waals surface area contributed by atoms with Crippen molar-refractivity contribution < 1.29 is 10.2 Å². The quantitative estimate of drug-likeness (QED) is 0.631. The lowest BCUT2D eigenvalue weighted by atomic mass is 10.1. The highest BCUT2D eigenvalue weighted by Gasteiger charge is 2.05. The van der Waals surface area contributed by atoms with Crippen molar-refractivity contribution in [2.24, 2.45) is 0 Å². The Kier molecular flexibility index (Phi) is 4.61. The predicted molar refractivity (Wildman–Crippen MR) is 82.0 cm³/mol. The Morgan fingerprint density at radius 1 is 1.15 bits per heavy atom. The molecule has 1 atom stereocenters. The molecule has 0 spiro atoms. The highest BCUT2D eigenvalue weighted by molar-refractivity contribution is 5.73. The number of aliphatic hydroxyl groups is 2. The van der Waals surface area contributed by atoms with E-state index in [1.807, 2.05) is 36.4 Å². The molecule has 2 aromatic carbocycles. The van der Waals surface area contributed by atoms with Gasteiger partial charge in [-0.15, -0.1) is 0 Å². The van der Waals surface area contributed by atoms with Gasteiger partial charge in [0.25, 0.3) is 0 Å². The van der Waals surface area contributed by atoms with Crippen LogP contribution >= 0.6 is 0 Å². The molecule has 5 N–H and O–H groups in total. The number of aliphatic hydroxyl groups excluding tert-OH is 2. The van der Waals surface area contributed by atoms with Crippen LogP contribution in [0.5, 0.6) is 0 Å². The summed E-state index contributed by atoms with van der Waals surface area (Å²) in [5, 5.41) is 21.6. The first-order valence-electron chi connectivity index (χ1n) is 6.64. The lowest BCUT2D eigenvalue weighted by Gasteiger charge is -2.12. The van der Waals surface area contributed by atoms with Crippen LogP contribution in [0.2, 0.25) is 0 Å². The molecule has 0 aromatic heterocycles. The lowest BCUT2D eigenvalue weighted by molar-refractivity contribution is 0.199. The summed E-state index contributed by atoms with van der Waals surface area (Å²) in [4.78, 5) is 0. The van der Waals surface area contributed by atoms with E-state index in [0.717, 1.165) is 22.5 Å². The molecule has 2 rings (SSSR count). The number of rotatable bonds is 5. The van der Waals surface area contributed by atoms with E-state index in [1.165, 1.54) is 0 Å². The van der Waals surface area contributed by atoms with Crippen LogP contribution in [0.1, 0.15) is 24.2 Å². The molecular weight excluding hydrogens is 252 g/mol. The van der Waals surface area contributed by atoms with Gasteiger partial charge in [0.15, 0.2) is 0 Å². The van der Waals surface area contributed by atoms with Crippen molar-refractivity contribution in [2.45, 2.75) is 19.4 Å². The van der Waals surface area contributed by atoms with Crippen LogP contribution in [-0.4, -0.2) is 16.8 Å². The molecule has 0 bridgehead atoms. The third kappa shape index (κ3) is 3.50. The second kappa shape index (κ2) is 6.41. The van der Waals surface area contributed by atoms with E-state index in [0.29, 0.717) is 12.1 Å². The van der Waals surface area contributed by atoms with Gasteiger partial charge in [-0.25, -0.2) is 0 Å². The fourth-order valence-corrected chi connectivity index (χ4v) is 1.99. The fraction of sp³-hybridized carbons (Fsp3) is 0.250. The van der Waals surface area contributed by atoms with Crippen LogP contribution in [0.25, 0.3) is 0 Å². The first kappa shape index (κ1) is 14.4. The Bertz CT molecular complexity index is 565. The maximum Gasteiger partial charge on any atom is 0.0762 e. The molecule has 20 heavy (non-hydrogen) atoms. The minimum Gasteiger partial charge on any atom is -0.397 e. The SMILES string of the molecule is CC(O)c1ccc(Nc2ccc(CCO)cc2)c(N)c1. The number of benzene rings is 2. The van der Waals surface area contributed by atoms with Gasteiger partial charge >= 0.3 is 0 Å². The van der Waals surface area contributed by atoms with E-state index < -0.39 is 6.10 Å². The molecule has 2 aromatic rings. The topological polar surface area (TPSA) is 78.5 Å². The van der Waals surface area contributed by atoms with E-state index in [-0.39, 0.29) is 6.61 Å². The number of hydrogen-bond donors (Lipinski definition) is 4. The van der Waals surface area contributed by atoms with E-state index in [4.69, 9.17) is 10.8 Å². The monoisotopic (exact) mass is 272 g/mol. The van der Waals surface area contributed by atoms with Gasteiger partial charge in [-0.05, 0) is 48.7 Å². The van der Waals surface area contributed by atoms with E-state index >= 15 is 0 Å². The molecular formula is C16H20N2O2. The van der Waals surface area contributed by atoms with Gasteiger partial charge in [-0.3, -0.25) is 0 Å². The largest absolute Gasteiger partial charge is 0.397 e. The minimum atomic E-state index is -0.524. The standard InChI is InChI=1S/C16H20N2O2/c1-11(20)13-4-7-16(15(17)10-13)18-14-5-2-12(3-6-14)8-9-19/h2-7,10-11,18-20H,8-9,17H2,1H3. The first-order chi connectivity index (χ1) is 9.60. The number of hydrogen-bond acceptors (Lipinski definition) is 4. The lowest BCUT2D eigenvalue weighted by Crippen LogP contribution is -1.99. The third-order valence-electron chi connectivity index (χ3n) is 3.19. The molecule has 0 aliphatic carbocycles. The van der Waals surface area contributed by atoms with E-state index in [1.54, 1.807) is 13.0 Å². The Hall–Kier alpha value is -2.04. The van der Waals surface area contributed by atoms with E-state index in [9.17, 15) is 5.11 Å². The zero-order valence-electron chi connectivity index (χ0n) is 11.5. The van der Waals surface area contributed by atoms with Crippen molar-refractivity contribution in [1.82, 2.24) is 0 Å². The smallest absolute Gasteiger partial charge is 0.0762 e. The molecule has 0 aliphatic heterocycles. The molecule has 106 valence electrons. The maximum atomic E-state index is 9.51. The number of nitrogen functional groups attached to an aromatic ring is 1. The van der Waals surface area contributed by atoms with Crippen molar-refractivity contribution in [3.05, 3.63) is 53.6 Å². The van der Waals surface area contributed by atoms with Gasteiger partial charge in [-0.2, -0.15) is 0 Å². The summed E-state index contributed by atoms with van der Waals surface area (Å²) < 4.78 is 0. The van der Waals surface area contributed by atoms with Gasteiger partial charge in [0.1, 0.15) is 0 Å². The average molecular weight is 272 g/mol. The van der Waals surface area contributed by atoms with Crippen LogP contribution in [0, 0.1) is 0 Å². The van der Waals surface area contributed by atoms with Crippen LogP contribution in [0.15, 0.2) is 42.5 Å². The fourth-order valence-electron chi connectivity index (χ4n) is 1.99. The summed E-state index contributed by atoms with van der Waals surface area (Å²) >= 11 is 0. The van der Waals surface area contributed by atoms with Gasteiger partial charge in [-0.1, -0.05) is 18.2 Å². The van der Waals surface area contributed by atoms with Crippen molar-refractivity contribution in [3.63, 3.8) is 0 Å². The highest BCUT2D eigenvalue weighted by atomic mass is 16.3. The zero-order chi connectivity index (χ0) is 14.5. The maximum absolute atomic E-state index is 9.51. The molecule has 0 heterocycles. The molecule has 0 saturated heterocycles. The molecule has 0 aliphatic rings. The Morgan fingerprint density at radius 2 is 1.85 bits per heavy atom. The Balaban J connectivity index is 2.13. The molecule has 4 nitrogen and oxygen atoms in total. The van der Waals surface area contributed by atoms with Crippen molar-refractivity contribution in [1.29, 1.82) is 0 Å². The average Bonchev–Trinajstić information content (AvgIpc) is 2.43. The minimum absolute atomic E-state index is 0.153. The van der Waals surface area contributed by atoms with Crippen LogP contribution < -0.4 is 11.1 Å². The molecule has 4 heteroatoms. The van der Waals surface area contributed by atoms with Crippen LogP contribution in [-0.2, 0) is 6.42 Å². The van der Waals surface area contributed by atoms with Crippen LogP contribution in [0.3, 0.4) is 0 Å².